The highest BCUT2D eigenvalue weighted by atomic mass is 16.5. The van der Waals surface area contributed by atoms with Gasteiger partial charge in [0.15, 0.2) is 0 Å². The van der Waals surface area contributed by atoms with E-state index in [1.807, 2.05) is 6.92 Å². The van der Waals surface area contributed by atoms with Crippen LogP contribution >= 0.6 is 0 Å². The van der Waals surface area contributed by atoms with E-state index in [9.17, 15) is 4.79 Å². The molecule has 4 aliphatic rings. The van der Waals surface area contributed by atoms with Crippen molar-refractivity contribution in [3.63, 3.8) is 0 Å². The van der Waals surface area contributed by atoms with Crippen molar-refractivity contribution in [1.29, 1.82) is 0 Å². The molecule has 0 heterocycles. The van der Waals surface area contributed by atoms with Crippen molar-refractivity contribution in [3.05, 3.63) is 11.6 Å². The largest absolute Gasteiger partial charge is 0.461 e. The van der Waals surface area contributed by atoms with Crippen LogP contribution < -0.4 is 0 Å². The molecular weight excluding hydrogens is 260 g/mol. The minimum Gasteiger partial charge on any atom is -0.461 e. The molecule has 2 heteroatoms. The Morgan fingerprint density at radius 2 is 1.95 bits per heavy atom. The summed E-state index contributed by atoms with van der Waals surface area (Å²) in [6.45, 7) is 9.63. The molecule has 4 saturated carbocycles. The molecule has 0 aromatic heterocycles. The first-order valence-electron chi connectivity index (χ1n) is 8.74. The van der Waals surface area contributed by atoms with Crippen LogP contribution in [0.3, 0.4) is 0 Å². The van der Waals surface area contributed by atoms with Gasteiger partial charge in [0.05, 0.1) is 0 Å². The normalized spacial score (nSPS) is 43.2. The third kappa shape index (κ3) is 2.17. The highest BCUT2D eigenvalue weighted by Crippen LogP contribution is 2.87. The first-order valence-corrected chi connectivity index (χ1v) is 8.74. The molecule has 4 aliphatic carbocycles. The van der Waals surface area contributed by atoms with Crippen LogP contribution in [-0.2, 0) is 9.53 Å². The summed E-state index contributed by atoms with van der Waals surface area (Å²) in [4.78, 5) is 11.4. The van der Waals surface area contributed by atoms with Gasteiger partial charge in [0.25, 0.3) is 0 Å². The number of hydrogen-bond acceptors (Lipinski definition) is 2. The van der Waals surface area contributed by atoms with Crippen molar-refractivity contribution in [1.82, 2.24) is 0 Å². The smallest absolute Gasteiger partial charge is 0.306 e. The number of ether oxygens (including phenoxy) is 1. The Kier molecular flexibility index (Phi) is 3.70. The fourth-order valence-electron chi connectivity index (χ4n) is 5.65. The van der Waals surface area contributed by atoms with Crippen LogP contribution in [-0.4, -0.2) is 12.6 Å². The Balaban J connectivity index is 1.46. The molecule has 0 radical (unpaired) electrons. The fourth-order valence-corrected chi connectivity index (χ4v) is 5.65. The van der Waals surface area contributed by atoms with Crippen molar-refractivity contribution < 1.29 is 9.53 Å². The lowest BCUT2D eigenvalue weighted by Gasteiger charge is -2.34. The Bertz CT molecular complexity index is 452. The van der Waals surface area contributed by atoms with E-state index in [4.69, 9.17) is 4.74 Å². The lowest BCUT2D eigenvalue weighted by molar-refractivity contribution is -0.142. The van der Waals surface area contributed by atoms with Gasteiger partial charge in [0.1, 0.15) is 6.61 Å². The maximum absolute atomic E-state index is 11.4. The van der Waals surface area contributed by atoms with Gasteiger partial charge >= 0.3 is 5.97 Å². The second kappa shape index (κ2) is 5.14. The number of allylic oxidation sites excluding steroid dienone is 1. The summed E-state index contributed by atoms with van der Waals surface area (Å²) in [5.74, 6) is 3.01. The molecular formula is C19H30O2. The van der Waals surface area contributed by atoms with Crippen LogP contribution in [0.4, 0.5) is 0 Å². The van der Waals surface area contributed by atoms with Gasteiger partial charge in [-0.2, -0.15) is 0 Å². The van der Waals surface area contributed by atoms with Gasteiger partial charge in [-0.05, 0) is 73.2 Å². The molecule has 3 unspecified atom stereocenters. The summed E-state index contributed by atoms with van der Waals surface area (Å²) in [7, 11) is 0. The van der Waals surface area contributed by atoms with Gasteiger partial charge < -0.3 is 4.74 Å². The van der Waals surface area contributed by atoms with E-state index in [0.29, 0.717) is 23.9 Å². The zero-order valence-corrected chi connectivity index (χ0v) is 14.1. The molecule has 0 N–H and O–H groups in total. The first-order chi connectivity index (χ1) is 9.93. The highest BCUT2D eigenvalue weighted by molar-refractivity contribution is 5.69. The molecule has 0 aromatic carbocycles. The molecule has 0 saturated heterocycles. The maximum Gasteiger partial charge on any atom is 0.306 e. The number of rotatable bonds is 7. The number of carbonyl (C=O) groups excluding carboxylic acids is 1. The molecule has 0 spiro atoms. The minimum absolute atomic E-state index is 0.0674. The lowest BCUT2D eigenvalue weighted by atomic mass is 9.71. The molecule has 4 fully saturated rings. The predicted octanol–water partition coefficient (Wildman–Crippen LogP) is 4.74. The fraction of sp³-hybridized carbons (Fsp3) is 0.842. The molecule has 4 bridgehead atoms. The molecule has 118 valence electrons. The van der Waals surface area contributed by atoms with Gasteiger partial charge in [-0.15, -0.1) is 0 Å². The maximum atomic E-state index is 11.4. The average Bonchev–Trinajstić information content (AvgIpc) is 2.78. The van der Waals surface area contributed by atoms with Crippen molar-refractivity contribution in [2.75, 3.05) is 6.61 Å². The van der Waals surface area contributed by atoms with E-state index in [1.165, 1.54) is 24.8 Å². The van der Waals surface area contributed by atoms with Gasteiger partial charge in [0.2, 0.25) is 0 Å². The summed E-state index contributed by atoms with van der Waals surface area (Å²) in [5.41, 5.74) is 2.43. The quantitative estimate of drug-likeness (QED) is 0.500. The summed E-state index contributed by atoms with van der Waals surface area (Å²) in [6.07, 6.45) is 9.13. The third-order valence-electron chi connectivity index (χ3n) is 7.20. The molecule has 2 nitrogen and oxygen atoms in total. The first kappa shape index (κ1) is 15.1. The molecule has 0 aliphatic heterocycles. The molecule has 3 atom stereocenters. The summed E-state index contributed by atoms with van der Waals surface area (Å²) >= 11 is 0. The Labute approximate surface area is 129 Å². The number of esters is 1. The Hall–Kier alpha value is -0.790. The SMILES string of the molecule is CCCC(=O)OC/C(C)=C/CCC1(C)C2CC3C(C2)C31C. The monoisotopic (exact) mass is 290 g/mol. The Morgan fingerprint density at radius 1 is 1.29 bits per heavy atom. The predicted molar refractivity (Wildman–Crippen MR) is 84.8 cm³/mol. The van der Waals surface area contributed by atoms with Crippen LogP contribution in [0.15, 0.2) is 11.6 Å². The zero-order chi connectivity index (χ0) is 15.3. The second-order valence-corrected chi connectivity index (χ2v) is 8.08. The van der Waals surface area contributed by atoms with Crippen LogP contribution in [0.25, 0.3) is 0 Å². The van der Waals surface area contributed by atoms with E-state index in [2.05, 4.69) is 26.8 Å². The second-order valence-electron chi connectivity index (χ2n) is 8.08. The Morgan fingerprint density at radius 3 is 2.48 bits per heavy atom. The van der Waals surface area contributed by atoms with Crippen molar-refractivity contribution in [3.8, 4) is 0 Å². The minimum atomic E-state index is -0.0674. The van der Waals surface area contributed by atoms with Gasteiger partial charge in [0, 0.05) is 6.42 Å². The van der Waals surface area contributed by atoms with E-state index < -0.39 is 0 Å². The highest BCUT2D eigenvalue weighted by Gasteiger charge is 2.80. The molecule has 4 rings (SSSR count). The van der Waals surface area contributed by atoms with Crippen LogP contribution in [0.2, 0.25) is 0 Å². The van der Waals surface area contributed by atoms with Crippen molar-refractivity contribution >= 4 is 5.97 Å². The van der Waals surface area contributed by atoms with Crippen LogP contribution in [0, 0.1) is 28.6 Å². The molecule has 0 amide bonds. The number of carbonyl (C=O) groups is 1. The third-order valence-corrected chi connectivity index (χ3v) is 7.20. The van der Waals surface area contributed by atoms with Gasteiger partial charge in [-0.25, -0.2) is 0 Å². The van der Waals surface area contributed by atoms with Crippen molar-refractivity contribution in [2.24, 2.45) is 28.6 Å². The van der Waals surface area contributed by atoms with Gasteiger partial charge in [-0.1, -0.05) is 26.8 Å². The summed E-state index contributed by atoms with van der Waals surface area (Å²) in [6, 6.07) is 0. The lowest BCUT2D eigenvalue weighted by Crippen LogP contribution is -2.26. The van der Waals surface area contributed by atoms with E-state index in [0.717, 1.165) is 30.6 Å². The zero-order valence-electron chi connectivity index (χ0n) is 14.1. The van der Waals surface area contributed by atoms with E-state index in [1.54, 1.807) is 0 Å². The number of hydrogen-bond donors (Lipinski definition) is 0. The van der Waals surface area contributed by atoms with E-state index >= 15 is 0 Å². The topological polar surface area (TPSA) is 26.3 Å². The summed E-state index contributed by atoms with van der Waals surface area (Å²) < 4.78 is 5.26. The summed E-state index contributed by atoms with van der Waals surface area (Å²) in [5, 5.41) is 0. The van der Waals surface area contributed by atoms with Crippen molar-refractivity contribution in [2.45, 2.75) is 66.2 Å². The molecule has 21 heavy (non-hydrogen) atoms. The molecule has 0 aromatic rings. The van der Waals surface area contributed by atoms with E-state index in [-0.39, 0.29) is 5.97 Å². The van der Waals surface area contributed by atoms with Gasteiger partial charge in [-0.3, -0.25) is 4.79 Å². The average molecular weight is 290 g/mol. The van der Waals surface area contributed by atoms with Crippen LogP contribution in [0.1, 0.15) is 66.2 Å². The standard InChI is InChI=1S/C19H30O2/c1-5-7-17(20)21-12-13(2)8-6-9-18(3)14-10-15-16(11-14)19(15,18)4/h8,14-16H,5-7,9-12H2,1-4H3/b13-8+. The van der Waals surface area contributed by atoms with Crippen LogP contribution in [0.5, 0.6) is 0 Å².